The van der Waals surface area contributed by atoms with Crippen molar-refractivity contribution in [1.82, 2.24) is 0 Å². The highest BCUT2D eigenvalue weighted by Crippen LogP contribution is 2.41. The smallest absolute Gasteiger partial charge is 0.159 e. The molecule has 2 aliphatic rings. The van der Waals surface area contributed by atoms with Crippen LogP contribution < -0.4 is 0 Å². The zero-order valence-electron chi connectivity index (χ0n) is 10.5. The molecule has 0 aliphatic heterocycles. The van der Waals surface area contributed by atoms with E-state index in [4.69, 9.17) is 0 Å². The molecule has 90 valence electrons. The van der Waals surface area contributed by atoms with E-state index in [9.17, 15) is 4.79 Å². The zero-order valence-corrected chi connectivity index (χ0v) is 10.5. The molecule has 0 amide bonds. The maximum Gasteiger partial charge on any atom is 0.159 e. The zero-order chi connectivity index (χ0) is 11.4. The molecule has 2 rings (SSSR count). The SMILES string of the molecule is CCCCCC1=CC(=O)[C@@H]2CCCCC[C@H]12. The van der Waals surface area contributed by atoms with Gasteiger partial charge in [-0.25, -0.2) is 0 Å². The monoisotopic (exact) mass is 220 g/mol. The van der Waals surface area contributed by atoms with Crippen molar-refractivity contribution in [2.24, 2.45) is 11.8 Å². The minimum Gasteiger partial charge on any atom is -0.295 e. The first-order valence-corrected chi connectivity index (χ1v) is 7.07. The molecule has 1 fully saturated rings. The van der Waals surface area contributed by atoms with Gasteiger partial charge in [-0.3, -0.25) is 4.79 Å². The number of carbonyl (C=O) groups is 1. The van der Waals surface area contributed by atoms with Gasteiger partial charge in [-0.05, 0) is 37.7 Å². The first-order valence-electron chi connectivity index (χ1n) is 7.07. The van der Waals surface area contributed by atoms with Gasteiger partial charge in [0.15, 0.2) is 5.78 Å². The lowest BCUT2D eigenvalue weighted by molar-refractivity contribution is -0.118. The van der Waals surface area contributed by atoms with Crippen molar-refractivity contribution in [3.05, 3.63) is 11.6 Å². The van der Waals surface area contributed by atoms with Crippen LogP contribution in [-0.4, -0.2) is 5.78 Å². The molecule has 0 saturated heterocycles. The van der Waals surface area contributed by atoms with Crippen LogP contribution >= 0.6 is 0 Å². The summed E-state index contributed by atoms with van der Waals surface area (Å²) >= 11 is 0. The second-order valence-electron chi connectivity index (χ2n) is 5.43. The van der Waals surface area contributed by atoms with Crippen LogP contribution in [0.25, 0.3) is 0 Å². The lowest BCUT2D eigenvalue weighted by Crippen LogP contribution is -2.15. The normalized spacial score (nSPS) is 29.8. The molecule has 0 radical (unpaired) electrons. The van der Waals surface area contributed by atoms with Gasteiger partial charge >= 0.3 is 0 Å². The maximum absolute atomic E-state index is 11.9. The first kappa shape index (κ1) is 11.9. The highest BCUT2D eigenvalue weighted by Gasteiger charge is 2.35. The Morgan fingerprint density at radius 2 is 1.88 bits per heavy atom. The molecule has 2 atom stereocenters. The van der Waals surface area contributed by atoms with Gasteiger partial charge in [0.1, 0.15) is 0 Å². The first-order chi connectivity index (χ1) is 7.83. The molecule has 0 N–H and O–H groups in total. The van der Waals surface area contributed by atoms with Gasteiger partial charge in [0.2, 0.25) is 0 Å². The van der Waals surface area contributed by atoms with Crippen molar-refractivity contribution in [1.29, 1.82) is 0 Å². The van der Waals surface area contributed by atoms with Gasteiger partial charge in [-0.15, -0.1) is 0 Å². The number of fused-ring (bicyclic) bond motifs is 1. The summed E-state index contributed by atoms with van der Waals surface area (Å²) in [6.07, 6.45) is 13.4. The summed E-state index contributed by atoms with van der Waals surface area (Å²) in [5, 5.41) is 0. The van der Waals surface area contributed by atoms with Crippen molar-refractivity contribution < 1.29 is 4.79 Å². The maximum atomic E-state index is 11.9. The number of rotatable bonds is 4. The molecule has 0 spiro atoms. The van der Waals surface area contributed by atoms with E-state index in [1.807, 2.05) is 6.08 Å². The van der Waals surface area contributed by atoms with Crippen molar-refractivity contribution >= 4 is 5.78 Å². The molecule has 1 nitrogen and oxygen atoms in total. The predicted octanol–water partition coefficient (Wildman–Crippen LogP) is 4.27. The molecule has 1 saturated carbocycles. The van der Waals surface area contributed by atoms with Crippen LogP contribution in [0.3, 0.4) is 0 Å². The van der Waals surface area contributed by atoms with Crippen LogP contribution in [0, 0.1) is 11.8 Å². The van der Waals surface area contributed by atoms with Crippen molar-refractivity contribution in [2.45, 2.75) is 64.7 Å². The average Bonchev–Trinajstić information content (AvgIpc) is 2.49. The third-order valence-electron chi connectivity index (χ3n) is 4.25. The van der Waals surface area contributed by atoms with Crippen molar-refractivity contribution in [3.63, 3.8) is 0 Å². The second-order valence-corrected chi connectivity index (χ2v) is 5.43. The molecular weight excluding hydrogens is 196 g/mol. The second kappa shape index (κ2) is 5.65. The molecule has 0 aromatic carbocycles. The lowest BCUT2D eigenvalue weighted by Gasteiger charge is -2.18. The number of allylic oxidation sites excluding steroid dienone is 2. The Balaban J connectivity index is 1.96. The lowest BCUT2D eigenvalue weighted by atomic mass is 9.85. The van der Waals surface area contributed by atoms with E-state index in [0.717, 1.165) is 6.42 Å². The van der Waals surface area contributed by atoms with Crippen molar-refractivity contribution in [3.8, 4) is 0 Å². The number of unbranched alkanes of at least 4 members (excludes halogenated alkanes) is 2. The van der Waals surface area contributed by atoms with Gasteiger partial charge in [-0.2, -0.15) is 0 Å². The Hall–Kier alpha value is -0.590. The Labute approximate surface area is 99.3 Å². The predicted molar refractivity (Wildman–Crippen MR) is 67.3 cm³/mol. The fourth-order valence-corrected chi connectivity index (χ4v) is 3.33. The highest BCUT2D eigenvalue weighted by molar-refractivity contribution is 5.95. The van der Waals surface area contributed by atoms with Crippen LogP contribution in [0.4, 0.5) is 0 Å². The van der Waals surface area contributed by atoms with E-state index in [-0.39, 0.29) is 0 Å². The summed E-state index contributed by atoms with van der Waals surface area (Å²) < 4.78 is 0. The van der Waals surface area contributed by atoms with E-state index in [2.05, 4.69) is 6.92 Å². The molecule has 0 aromatic rings. The van der Waals surface area contributed by atoms with E-state index in [1.165, 1.54) is 56.9 Å². The molecule has 1 heteroatoms. The Morgan fingerprint density at radius 1 is 1.12 bits per heavy atom. The fourth-order valence-electron chi connectivity index (χ4n) is 3.33. The van der Waals surface area contributed by atoms with Gasteiger partial charge < -0.3 is 0 Å². The van der Waals surface area contributed by atoms with Crippen LogP contribution in [0.5, 0.6) is 0 Å². The minimum atomic E-state index is 0.374. The van der Waals surface area contributed by atoms with Crippen LogP contribution in [-0.2, 0) is 4.79 Å². The molecule has 0 unspecified atom stereocenters. The number of hydrogen-bond donors (Lipinski definition) is 0. The summed E-state index contributed by atoms with van der Waals surface area (Å²) in [5.41, 5.74) is 1.49. The van der Waals surface area contributed by atoms with Gasteiger partial charge in [-0.1, -0.05) is 44.6 Å². The fraction of sp³-hybridized carbons (Fsp3) is 0.800. The van der Waals surface area contributed by atoms with E-state index >= 15 is 0 Å². The number of ketones is 1. The van der Waals surface area contributed by atoms with Crippen LogP contribution in [0.2, 0.25) is 0 Å². The topological polar surface area (TPSA) is 17.1 Å². The van der Waals surface area contributed by atoms with Gasteiger partial charge in [0.25, 0.3) is 0 Å². The number of carbonyl (C=O) groups excluding carboxylic acids is 1. The van der Waals surface area contributed by atoms with Gasteiger partial charge in [0.05, 0.1) is 0 Å². The summed E-state index contributed by atoms with van der Waals surface area (Å²) in [6, 6.07) is 0. The molecule has 0 aromatic heterocycles. The Bertz CT molecular complexity index is 277. The molecule has 0 bridgehead atoms. The quantitative estimate of drug-likeness (QED) is 0.646. The van der Waals surface area contributed by atoms with E-state index in [1.54, 1.807) is 0 Å². The average molecular weight is 220 g/mol. The summed E-state index contributed by atoms with van der Waals surface area (Å²) in [7, 11) is 0. The Kier molecular flexibility index (Phi) is 4.20. The van der Waals surface area contributed by atoms with Gasteiger partial charge in [0, 0.05) is 5.92 Å². The highest BCUT2D eigenvalue weighted by atomic mass is 16.1. The van der Waals surface area contributed by atoms with Crippen LogP contribution in [0.1, 0.15) is 64.7 Å². The third-order valence-corrected chi connectivity index (χ3v) is 4.25. The molecule has 0 heterocycles. The summed E-state index contributed by atoms with van der Waals surface area (Å²) in [6.45, 7) is 2.24. The molecule has 16 heavy (non-hydrogen) atoms. The summed E-state index contributed by atoms with van der Waals surface area (Å²) in [5.74, 6) is 1.45. The largest absolute Gasteiger partial charge is 0.295 e. The third kappa shape index (κ3) is 2.56. The standard InChI is InChI=1S/C15H24O/c1-2-3-5-8-12-11-15(16)14-10-7-4-6-9-13(12)14/h11,13-14H,2-10H2,1H3/t13-,14-/m1/s1. The minimum absolute atomic E-state index is 0.374. The summed E-state index contributed by atoms with van der Waals surface area (Å²) in [4.78, 5) is 11.9. The molecular formula is C15H24O. The van der Waals surface area contributed by atoms with Crippen LogP contribution in [0.15, 0.2) is 11.6 Å². The van der Waals surface area contributed by atoms with E-state index in [0.29, 0.717) is 17.6 Å². The van der Waals surface area contributed by atoms with Crippen molar-refractivity contribution in [2.75, 3.05) is 0 Å². The number of hydrogen-bond acceptors (Lipinski definition) is 1. The Morgan fingerprint density at radius 3 is 2.62 bits per heavy atom. The molecule has 2 aliphatic carbocycles. The van der Waals surface area contributed by atoms with E-state index < -0.39 is 0 Å².